The number of halogens is 4. The van der Waals surface area contributed by atoms with E-state index in [4.69, 9.17) is 0 Å². The molecule has 0 aliphatic rings. The minimum atomic E-state index is -4.40. The van der Waals surface area contributed by atoms with Crippen LogP contribution in [0.5, 0.6) is 0 Å². The van der Waals surface area contributed by atoms with Crippen LogP contribution in [-0.2, 0) is 6.18 Å². The molecule has 0 radical (unpaired) electrons. The van der Waals surface area contributed by atoms with E-state index in [9.17, 15) is 13.2 Å². The number of hydrogen-bond acceptors (Lipinski definition) is 2. The van der Waals surface area contributed by atoms with E-state index in [1.54, 1.807) is 0 Å². The normalized spacial score (nSPS) is 13.3. The molecule has 0 fully saturated rings. The Morgan fingerprint density at radius 3 is 2.60 bits per heavy atom. The summed E-state index contributed by atoms with van der Waals surface area (Å²) < 4.78 is 39.1. The smallest absolute Gasteiger partial charge is 0.369 e. The average Bonchev–Trinajstić information content (AvgIpc) is 2.39. The summed E-state index contributed by atoms with van der Waals surface area (Å²) in [5, 5.41) is 2.85. The van der Waals surface area contributed by atoms with Crippen LogP contribution in [0.25, 0.3) is 0 Å². The molecule has 0 spiro atoms. The Bertz CT molecular complexity index is 421. The Hall–Kier alpha value is -0.780. The molecule has 1 rings (SSSR count). The third-order valence-electron chi connectivity index (χ3n) is 3.26. The number of hydrogen-bond donors (Lipinski definition) is 1. The van der Waals surface area contributed by atoms with Crippen molar-refractivity contribution in [3.63, 3.8) is 0 Å². The van der Waals surface area contributed by atoms with Gasteiger partial charge in [0.1, 0.15) is 5.82 Å². The fourth-order valence-electron chi connectivity index (χ4n) is 1.98. The van der Waals surface area contributed by atoms with Crippen molar-refractivity contribution in [3.05, 3.63) is 22.3 Å². The SMILES string of the molecule is CCCCC(CC)CNc1ncc(Br)cc1C(F)(F)F. The van der Waals surface area contributed by atoms with Crippen molar-refractivity contribution in [3.8, 4) is 0 Å². The Kier molecular flexibility index (Phi) is 6.79. The van der Waals surface area contributed by atoms with Gasteiger partial charge in [0.25, 0.3) is 0 Å². The molecule has 0 aromatic carbocycles. The highest BCUT2D eigenvalue weighted by Crippen LogP contribution is 2.35. The van der Waals surface area contributed by atoms with Crippen molar-refractivity contribution in [2.45, 2.75) is 45.7 Å². The first kappa shape index (κ1) is 17.3. The Morgan fingerprint density at radius 1 is 1.35 bits per heavy atom. The van der Waals surface area contributed by atoms with Gasteiger partial charge >= 0.3 is 6.18 Å². The molecule has 0 saturated heterocycles. The molecule has 1 atom stereocenters. The van der Waals surface area contributed by atoms with E-state index in [1.165, 1.54) is 6.20 Å². The van der Waals surface area contributed by atoms with Gasteiger partial charge in [0.05, 0.1) is 5.56 Å². The standard InChI is InChI=1S/C14H20BrF3N2/c1-3-5-6-10(4-2)8-19-13-12(14(16,17)18)7-11(15)9-20-13/h7,9-10H,3-6,8H2,1-2H3,(H,19,20). The topological polar surface area (TPSA) is 24.9 Å². The molecule has 1 N–H and O–H groups in total. The number of nitrogens with zero attached hydrogens (tertiary/aromatic N) is 1. The second kappa shape index (κ2) is 7.86. The van der Waals surface area contributed by atoms with Gasteiger partial charge in [-0.05, 0) is 34.3 Å². The van der Waals surface area contributed by atoms with Crippen LogP contribution in [0.4, 0.5) is 19.0 Å². The van der Waals surface area contributed by atoms with Gasteiger partial charge in [0, 0.05) is 17.2 Å². The number of pyridine rings is 1. The molecule has 1 aromatic rings. The lowest BCUT2D eigenvalue weighted by molar-refractivity contribution is -0.137. The first-order valence-electron chi connectivity index (χ1n) is 6.85. The molecule has 20 heavy (non-hydrogen) atoms. The lowest BCUT2D eigenvalue weighted by Gasteiger charge is -2.18. The van der Waals surface area contributed by atoms with Gasteiger partial charge in [-0.3, -0.25) is 0 Å². The maximum atomic E-state index is 12.9. The summed E-state index contributed by atoms with van der Waals surface area (Å²) in [6, 6.07) is 1.06. The van der Waals surface area contributed by atoms with Crippen molar-refractivity contribution >= 4 is 21.7 Å². The maximum Gasteiger partial charge on any atom is 0.419 e. The monoisotopic (exact) mass is 352 g/mol. The number of rotatable bonds is 7. The van der Waals surface area contributed by atoms with Crippen LogP contribution in [0.1, 0.15) is 45.1 Å². The van der Waals surface area contributed by atoms with Gasteiger partial charge in [-0.2, -0.15) is 13.2 Å². The predicted molar refractivity (Wildman–Crippen MR) is 78.7 cm³/mol. The van der Waals surface area contributed by atoms with Crippen molar-refractivity contribution in [1.29, 1.82) is 0 Å². The quantitative estimate of drug-likeness (QED) is 0.701. The molecule has 2 nitrogen and oxygen atoms in total. The largest absolute Gasteiger partial charge is 0.419 e. The summed E-state index contributed by atoms with van der Waals surface area (Å²) in [5.74, 6) is 0.289. The summed E-state index contributed by atoms with van der Waals surface area (Å²) in [7, 11) is 0. The molecule has 114 valence electrons. The lowest BCUT2D eigenvalue weighted by atomic mass is 9.99. The highest BCUT2D eigenvalue weighted by atomic mass is 79.9. The van der Waals surface area contributed by atoms with Crippen molar-refractivity contribution in [2.75, 3.05) is 11.9 Å². The minimum absolute atomic E-state index is 0.0874. The fourth-order valence-corrected chi connectivity index (χ4v) is 2.31. The first-order chi connectivity index (χ1) is 9.38. The molecule has 6 heteroatoms. The minimum Gasteiger partial charge on any atom is -0.369 e. The molecule has 1 heterocycles. The van der Waals surface area contributed by atoms with E-state index in [0.717, 1.165) is 31.7 Å². The van der Waals surface area contributed by atoms with Crippen LogP contribution in [0.15, 0.2) is 16.7 Å². The highest BCUT2D eigenvalue weighted by Gasteiger charge is 2.34. The average molecular weight is 353 g/mol. The number of unbranched alkanes of at least 4 members (excludes halogenated alkanes) is 1. The number of nitrogens with one attached hydrogen (secondary N) is 1. The molecule has 0 bridgehead atoms. The summed E-state index contributed by atoms with van der Waals surface area (Å²) in [6.45, 7) is 4.69. The van der Waals surface area contributed by atoms with Gasteiger partial charge in [-0.1, -0.05) is 33.1 Å². The van der Waals surface area contributed by atoms with E-state index in [1.807, 2.05) is 0 Å². The summed E-state index contributed by atoms with van der Waals surface area (Å²) in [5.41, 5.74) is -0.725. The van der Waals surface area contributed by atoms with Crippen LogP contribution in [0.3, 0.4) is 0 Å². The van der Waals surface area contributed by atoms with E-state index < -0.39 is 11.7 Å². The van der Waals surface area contributed by atoms with Gasteiger partial charge < -0.3 is 5.32 Å². The molecule has 0 aliphatic carbocycles. The lowest BCUT2D eigenvalue weighted by Crippen LogP contribution is -2.18. The van der Waals surface area contributed by atoms with Gasteiger partial charge in [-0.25, -0.2) is 4.98 Å². The molecule has 0 saturated carbocycles. The van der Waals surface area contributed by atoms with Crippen LogP contribution < -0.4 is 5.32 Å². The number of alkyl halides is 3. The third kappa shape index (κ3) is 5.31. The molecular formula is C14H20BrF3N2. The van der Waals surface area contributed by atoms with Gasteiger partial charge in [0.15, 0.2) is 0 Å². The summed E-state index contributed by atoms with van der Waals surface area (Å²) in [4.78, 5) is 3.85. The van der Waals surface area contributed by atoms with E-state index in [0.29, 0.717) is 16.9 Å². The van der Waals surface area contributed by atoms with E-state index in [-0.39, 0.29) is 5.82 Å². The zero-order chi connectivity index (χ0) is 15.2. The van der Waals surface area contributed by atoms with Crippen LogP contribution in [-0.4, -0.2) is 11.5 Å². The second-order valence-corrected chi connectivity index (χ2v) is 5.76. The van der Waals surface area contributed by atoms with Gasteiger partial charge in [-0.15, -0.1) is 0 Å². The zero-order valence-electron chi connectivity index (χ0n) is 11.7. The van der Waals surface area contributed by atoms with Crippen molar-refractivity contribution in [1.82, 2.24) is 4.98 Å². The first-order valence-corrected chi connectivity index (χ1v) is 7.64. The Labute approximate surface area is 126 Å². The highest BCUT2D eigenvalue weighted by molar-refractivity contribution is 9.10. The number of aromatic nitrogens is 1. The summed E-state index contributed by atoms with van der Waals surface area (Å²) >= 11 is 3.03. The predicted octanol–water partition coefficient (Wildman–Crippen LogP) is 5.49. The second-order valence-electron chi connectivity index (χ2n) is 4.84. The molecule has 1 unspecified atom stereocenters. The zero-order valence-corrected chi connectivity index (χ0v) is 13.3. The van der Waals surface area contributed by atoms with Crippen molar-refractivity contribution < 1.29 is 13.2 Å². The molecular weight excluding hydrogens is 333 g/mol. The van der Waals surface area contributed by atoms with E-state index >= 15 is 0 Å². The Morgan fingerprint density at radius 2 is 2.05 bits per heavy atom. The molecule has 1 aromatic heterocycles. The van der Waals surface area contributed by atoms with Crippen LogP contribution in [0.2, 0.25) is 0 Å². The van der Waals surface area contributed by atoms with Crippen LogP contribution in [0, 0.1) is 5.92 Å². The Balaban J connectivity index is 2.76. The van der Waals surface area contributed by atoms with Crippen LogP contribution >= 0.6 is 15.9 Å². The fraction of sp³-hybridized carbons (Fsp3) is 0.643. The number of anilines is 1. The molecule has 0 aliphatic heterocycles. The third-order valence-corrected chi connectivity index (χ3v) is 3.69. The molecule has 0 amide bonds. The van der Waals surface area contributed by atoms with Gasteiger partial charge in [0.2, 0.25) is 0 Å². The van der Waals surface area contributed by atoms with E-state index in [2.05, 4.69) is 40.1 Å². The van der Waals surface area contributed by atoms with Crippen molar-refractivity contribution in [2.24, 2.45) is 5.92 Å². The maximum absolute atomic E-state index is 12.9. The summed E-state index contributed by atoms with van der Waals surface area (Å²) in [6.07, 6.45) is 1.15.